The fraction of sp³-hybridized carbons (Fsp3) is 0.333. The third kappa shape index (κ3) is 7.64. The van der Waals surface area contributed by atoms with Crippen molar-refractivity contribution in [3.05, 3.63) is 101 Å². The van der Waals surface area contributed by atoms with E-state index in [1.165, 1.54) is 6.07 Å². The van der Waals surface area contributed by atoms with Crippen LogP contribution in [0.2, 0.25) is 0 Å². The van der Waals surface area contributed by atoms with E-state index in [4.69, 9.17) is 14.2 Å². The maximum Gasteiger partial charge on any atom is 0.345 e. The van der Waals surface area contributed by atoms with E-state index in [2.05, 4.69) is 5.32 Å². The molecule has 0 bridgehead atoms. The van der Waals surface area contributed by atoms with Crippen molar-refractivity contribution in [2.24, 2.45) is 0 Å². The lowest BCUT2D eigenvalue weighted by Crippen LogP contribution is -2.36. The molecule has 202 valence electrons. The van der Waals surface area contributed by atoms with Gasteiger partial charge in [-0.05, 0) is 48.7 Å². The highest BCUT2D eigenvalue weighted by molar-refractivity contribution is 5.94. The molecule has 3 N–H and O–H groups in total. The molecule has 0 heterocycles. The highest BCUT2D eigenvalue weighted by atomic mass is 16.7. The molecule has 3 aromatic carbocycles. The number of aliphatic hydroxyl groups is 1. The van der Waals surface area contributed by atoms with Crippen molar-refractivity contribution >= 4 is 11.9 Å². The first-order valence-electron chi connectivity index (χ1n) is 12.7. The van der Waals surface area contributed by atoms with Gasteiger partial charge in [-0.2, -0.15) is 0 Å². The molecule has 0 aliphatic rings. The van der Waals surface area contributed by atoms with Crippen LogP contribution in [0.4, 0.5) is 0 Å². The quantitative estimate of drug-likeness (QED) is 0.252. The minimum Gasteiger partial charge on any atom is -0.489 e. The normalized spacial score (nSPS) is 13.3. The number of ether oxygens (including phenoxy) is 3. The second-order valence-electron chi connectivity index (χ2n) is 8.70. The Hall–Kier alpha value is -3.72. The lowest BCUT2D eigenvalue weighted by molar-refractivity contribution is -0.155. The van der Waals surface area contributed by atoms with E-state index in [0.29, 0.717) is 37.5 Å². The van der Waals surface area contributed by atoms with Gasteiger partial charge in [0.15, 0.2) is 6.29 Å². The molecule has 3 aromatic rings. The van der Waals surface area contributed by atoms with Crippen molar-refractivity contribution in [3.8, 4) is 5.75 Å². The summed E-state index contributed by atoms with van der Waals surface area (Å²) in [5.41, 5.74) is -0.422. The predicted octanol–water partition coefficient (Wildman–Crippen LogP) is 4.50. The Morgan fingerprint density at radius 1 is 0.921 bits per heavy atom. The van der Waals surface area contributed by atoms with Gasteiger partial charge in [0.2, 0.25) is 5.60 Å². The molecule has 2 unspecified atom stereocenters. The van der Waals surface area contributed by atoms with Gasteiger partial charge in [0, 0.05) is 37.3 Å². The zero-order chi connectivity index (χ0) is 27.4. The van der Waals surface area contributed by atoms with Gasteiger partial charge in [0.05, 0.1) is 0 Å². The van der Waals surface area contributed by atoms with E-state index in [1.54, 1.807) is 72.8 Å². The fourth-order valence-corrected chi connectivity index (χ4v) is 3.88. The third-order valence-corrected chi connectivity index (χ3v) is 5.90. The molecule has 0 spiro atoms. The van der Waals surface area contributed by atoms with Crippen molar-refractivity contribution < 1.29 is 34.0 Å². The van der Waals surface area contributed by atoms with E-state index in [0.717, 1.165) is 12.0 Å². The highest BCUT2D eigenvalue weighted by Crippen LogP contribution is 2.32. The van der Waals surface area contributed by atoms with Crippen molar-refractivity contribution in [3.63, 3.8) is 0 Å². The van der Waals surface area contributed by atoms with E-state index in [-0.39, 0.29) is 29.9 Å². The Kier molecular flexibility index (Phi) is 10.8. The van der Waals surface area contributed by atoms with Gasteiger partial charge in [0.1, 0.15) is 12.4 Å². The Morgan fingerprint density at radius 2 is 1.63 bits per heavy atom. The molecule has 2 atom stereocenters. The monoisotopic (exact) mass is 521 g/mol. The number of amides is 1. The molecule has 0 saturated heterocycles. The van der Waals surface area contributed by atoms with Gasteiger partial charge in [-0.3, -0.25) is 4.79 Å². The van der Waals surface area contributed by atoms with Gasteiger partial charge in [-0.25, -0.2) is 4.79 Å². The largest absolute Gasteiger partial charge is 0.489 e. The minimum absolute atomic E-state index is 0.187. The average molecular weight is 522 g/mol. The van der Waals surface area contributed by atoms with Gasteiger partial charge in [-0.1, -0.05) is 61.5 Å². The number of hydrogen-bond donors (Lipinski definition) is 3. The second-order valence-corrected chi connectivity index (χ2v) is 8.70. The molecule has 38 heavy (non-hydrogen) atoms. The standard InChI is InChI=1S/C30H35NO7/c1-3-19-37-27(36-4-2)17-18-31-28(32)23-15-13-22(14-16-23)21-38-26-12-8-11-25(20-26)30(35,29(33)34)24-9-6-5-7-10-24/h5-16,20,27,35H,3-4,17-19,21H2,1-2H3,(H,31,32)(H,33,34). The van der Waals surface area contributed by atoms with Crippen molar-refractivity contribution in [1.82, 2.24) is 5.32 Å². The van der Waals surface area contributed by atoms with Crippen molar-refractivity contribution in [2.45, 2.75) is 45.2 Å². The molecule has 0 aliphatic heterocycles. The number of carboxylic acid groups (broad SMARTS) is 1. The number of carbonyl (C=O) groups is 2. The number of benzene rings is 3. The van der Waals surface area contributed by atoms with E-state index in [9.17, 15) is 19.8 Å². The Labute approximate surface area is 223 Å². The summed E-state index contributed by atoms with van der Waals surface area (Å²) in [5, 5.41) is 23.8. The molecule has 8 nitrogen and oxygen atoms in total. The predicted molar refractivity (Wildman–Crippen MR) is 143 cm³/mol. The molecule has 0 aliphatic carbocycles. The number of hydrogen-bond acceptors (Lipinski definition) is 6. The lowest BCUT2D eigenvalue weighted by Gasteiger charge is -2.25. The molecule has 0 radical (unpaired) electrons. The summed E-state index contributed by atoms with van der Waals surface area (Å²) in [6.45, 7) is 5.72. The zero-order valence-electron chi connectivity index (χ0n) is 21.8. The topological polar surface area (TPSA) is 114 Å². The van der Waals surface area contributed by atoms with Crippen LogP contribution in [0.5, 0.6) is 5.75 Å². The fourth-order valence-electron chi connectivity index (χ4n) is 3.88. The number of carbonyl (C=O) groups excluding carboxylic acids is 1. The van der Waals surface area contributed by atoms with Crippen LogP contribution in [0.1, 0.15) is 53.7 Å². The number of carboxylic acids is 1. The number of rotatable bonds is 15. The highest BCUT2D eigenvalue weighted by Gasteiger charge is 2.40. The zero-order valence-corrected chi connectivity index (χ0v) is 21.8. The second kappa shape index (κ2) is 14.3. The first-order chi connectivity index (χ1) is 18.4. The summed E-state index contributed by atoms with van der Waals surface area (Å²) in [7, 11) is 0. The van der Waals surface area contributed by atoms with E-state index in [1.807, 2.05) is 13.8 Å². The minimum atomic E-state index is -2.21. The van der Waals surface area contributed by atoms with Crippen molar-refractivity contribution in [2.75, 3.05) is 19.8 Å². The summed E-state index contributed by atoms with van der Waals surface area (Å²) in [4.78, 5) is 24.5. The summed E-state index contributed by atoms with van der Waals surface area (Å²) in [5.74, 6) is -1.16. The van der Waals surface area contributed by atoms with Crippen LogP contribution in [0.15, 0.2) is 78.9 Å². The lowest BCUT2D eigenvalue weighted by atomic mass is 9.86. The molecule has 1 amide bonds. The smallest absolute Gasteiger partial charge is 0.345 e. The number of nitrogens with one attached hydrogen (secondary N) is 1. The Balaban J connectivity index is 1.57. The molecular formula is C30H35NO7. The van der Waals surface area contributed by atoms with Crippen LogP contribution in [-0.2, 0) is 26.5 Å². The van der Waals surface area contributed by atoms with Gasteiger partial charge >= 0.3 is 5.97 Å². The summed E-state index contributed by atoms with van der Waals surface area (Å²) < 4.78 is 17.0. The third-order valence-electron chi connectivity index (χ3n) is 5.90. The first kappa shape index (κ1) is 28.8. The molecule has 0 aromatic heterocycles. The van der Waals surface area contributed by atoms with Crippen LogP contribution in [0.25, 0.3) is 0 Å². The van der Waals surface area contributed by atoms with Crippen LogP contribution >= 0.6 is 0 Å². The van der Waals surface area contributed by atoms with Crippen LogP contribution in [0.3, 0.4) is 0 Å². The van der Waals surface area contributed by atoms with E-state index >= 15 is 0 Å². The van der Waals surface area contributed by atoms with Crippen molar-refractivity contribution in [1.29, 1.82) is 0 Å². The summed E-state index contributed by atoms with van der Waals surface area (Å²) >= 11 is 0. The molecule has 0 saturated carbocycles. The SMILES string of the molecule is CCCOC(CCNC(=O)c1ccc(COc2cccc(C(O)(C(=O)O)c3ccccc3)c2)cc1)OCC. The maximum atomic E-state index is 12.5. The Bertz CT molecular complexity index is 1170. The van der Waals surface area contributed by atoms with Gasteiger partial charge < -0.3 is 29.7 Å². The van der Waals surface area contributed by atoms with E-state index < -0.39 is 11.6 Å². The van der Waals surface area contributed by atoms with Crippen LogP contribution in [-0.4, -0.2) is 48.1 Å². The van der Waals surface area contributed by atoms with Crippen LogP contribution < -0.4 is 10.1 Å². The molecular weight excluding hydrogens is 486 g/mol. The number of aliphatic carboxylic acids is 1. The maximum absolute atomic E-state index is 12.5. The Morgan fingerprint density at radius 3 is 2.29 bits per heavy atom. The summed E-state index contributed by atoms with van der Waals surface area (Å²) in [6, 6.07) is 21.7. The van der Waals surface area contributed by atoms with Gasteiger partial charge in [-0.15, -0.1) is 0 Å². The molecule has 3 rings (SSSR count). The molecule has 0 fully saturated rings. The molecule has 8 heteroatoms. The van der Waals surface area contributed by atoms with Gasteiger partial charge in [0.25, 0.3) is 5.91 Å². The van der Waals surface area contributed by atoms with Crippen LogP contribution in [0, 0.1) is 0 Å². The summed E-state index contributed by atoms with van der Waals surface area (Å²) in [6.07, 6.45) is 1.12. The first-order valence-corrected chi connectivity index (χ1v) is 12.7. The average Bonchev–Trinajstić information content (AvgIpc) is 2.95.